The highest BCUT2D eigenvalue weighted by molar-refractivity contribution is 6.31. The van der Waals surface area contributed by atoms with E-state index in [4.69, 9.17) is 11.6 Å². The topological polar surface area (TPSA) is 20.2 Å². The molecule has 0 saturated heterocycles. The Labute approximate surface area is 107 Å². The van der Waals surface area contributed by atoms with Crippen LogP contribution in [-0.2, 0) is 6.42 Å². The second kappa shape index (κ2) is 4.95. The van der Waals surface area contributed by atoms with Crippen LogP contribution in [0.15, 0.2) is 18.2 Å². The van der Waals surface area contributed by atoms with Gasteiger partial charge in [0.2, 0.25) is 0 Å². The van der Waals surface area contributed by atoms with Crippen LogP contribution < -0.4 is 0 Å². The van der Waals surface area contributed by atoms with E-state index in [-0.39, 0.29) is 10.4 Å². The molecule has 1 saturated carbocycles. The molecule has 1 unspecified atom stereocenters. The van der Waals surface area contributed by atoms with Gasteiger partial charge < -0.3 is 5.11 Å². The standard InChI is InChI=1S/C14H18ClFO/c1-14(7-2-3-8-14)12(17)9-10-5-4-6-11(16)13(10)15/h4-6,12,17H,2-3,7-9H2,1H3. The van der Waals surface area contributed by atoms with Gasteiger partial charge in [-0.1, -0.05) is 43.5 Å². The van der Waals surface area contributed by atoms with Crippen LogP contribution in [0.2, 0.25) is 5.02 Å². The monoisotopic (exact) mass is 256 g/mol. The maximum Gasteiger partial charge on any atom is 0.142 e. The third-order valence-electron chi connectivity index (χ3n) is 4.00. The Morgan fingerprint density at radius 3 is 2.71 bits per heavy atom. The summed E-state index contributed by atoms with van der Waals surface area (Å²) in [6.07, 6.45) is 4.42. The summed E-state index contributed by atoms with van der Waals surface area (Å²) < 4.78 is 13.3. The van der Waals surface area contributed by atoms with Crippen LogP contribution >= 0.6 is 11.6 Å². The van der Waals surface area contributed by atoms with Gasteiger partial charge in [0.1, 0.15) is 5.82 Å². The van der Waals surface area contributed by atoms with Gasteiger partial charge in [0.15, 0.2) is 0 Å². The second-order valence-electron chi connectivity index (χ2n) is 5.29. The highest BCUT2D eigenvalue weighted by atomic mass is 35.5. The zero-order valence-corrected chi connectivity index (χ0v) is 10.8. The van der Waals surface area contributed by atoms with E-state index in [1.165, 1.54) is 18.9 Å². The molecule has 1 nitrogen and oxygen atoms in total. The lowest BCUT2D eigenvalue weighted by atomic mass is 9.80. The van der Waals surface area contributed by atoms with E-state index in [1.807, 2.05) is 0 Å². The van der Waals surface area contributed by atoms with Crippen LogP contribution in [0, 0.1) is 11.2 Å². The van der Waals surface area contributed by atoms with Gasteiger partial charge >= 0.3 is 0 Å². The normalized spacial score (nSPS) is 20.5. The summed E-state index contributed by atoms with van der Waals surface area (Å²) in [4.78, 5) is 0. The van der Waals surface area contributed by atoms with E-state index >= 15 is 0 Å². The number of aliphatic hydroxyl groups is 1. The lowest BCUT2D eigenvalue weighted by Gasteiger charge is -2.30. The van der Waals surface area contributed by atoms with Gasteiger partial charge in [-0.25, -0.2) is 4.39 Å². The average Bonchev–Trinajstić information content (AvgIpc) is 2.73. The molecular weight excluding hydrogens is 239 g/mol. The Morgan fingerprint density at radius 2 is 2.06 bits per heavy atom. The van der Waals surface area contributed by atoms with Gasteiger partial charge in [-0.05, 0) is 29.9 Å². The van der Waals surface area contributed by atoms with Crippen LogP contribution in [0.4, 0.5) is 4.39 Å². The van der Waals surface area contributed by atoms with E-state index < -0.39 is 11.9 Å². The molecule has 0 aromatic heterocycles. The number of aliphatic hydroxyl groups excluding tert-OH is 1. The first-order valence-electron chi connectivity index (χ1n) is 6.14. The summed E-state index contributed by atoms with van der Waals surface area (Å²) in [6, 6.07) is 4.77. The highest BCUT2D eigenvalue weighted by Gasteiger charge is 2.36. The minimum absolute atomic E-state index is 0.0321. The quantitative estimate of drug-likeness (QED) is 0.868. The molecule has 1 atom stereocenters. The fourth-order valence-electron chi connectivity index (χ4n) is 2.68. The van der Waals surface area contributed by atoms with Crippen molar-refractivity contribution in [2.45, 2.75) is 45.1 Å². The molecule has 3 heteroatoms. The van der Waals surface area contributed by atoms with Gasteiger partial charge in [-0.15, -0.1) is 0 Å². The molecule has 0 heterocycles. The molecule has 1 N–H and O–H groups in total. The molecule has 1 aliphatic rings. The molecular formula is C14H18ClFO. The first kappa shape index (κ1) is 12.8. The fraction of sp³-hybridized carbons (Fsp3) is 0.571. The van der Waals surface area contributed by atoms with Crippen molar-refractivity contribution in [3.63, 3.8) is 0 Å². The van der Waals surface area contributed by atoms with Gasteiger partial charge in [0, 0.05) is 6.42 Å². The van der Waals surface area contributed by atoms with Crippen LogP contribution in [-0.4, -0.2) is 11.2 Å². The maximum absolute atomic E-state index is 13.3. The molecule has 0 spiro atoms. The zero-order valence-electron chi connectivity index (χ0n) is 10.0. The summed E-state index contributed by atoms with van der Waals surface area (Å²) in [5, 5.41) is 10.4. The lowest BCUT2D eigenvalue weighted by molar-refractivity contribution is 0.0423. The van der Waals surface area contributed by atoms with Crippen molar-refractivity contribution in [3.8, 4) is 0 Å². The lowest BCUT2D eigenvalue weighted by Crippen LogP contribution is -2.31. The molecule has 0 aliphatic heterocycles. The first-order chi connectivity index (χ1) is 8.03. The molecule has 1 aromatic carbocycles. The average molecular weight is 257 g/mol. The number of halogens is 2. The Bertz CT molecular complexity index is 399. The highest BCUT2D eigenvalue weighted by Crippen LogP contribution is 2.41. The number of benzene rings is 1. The number of hydrogen-bond donors (Lipinski definition) is 1. The summed E-state index contributed by atoms with van der Waals surface area (Å²) in [5.74, 6) is -0.409. The number of rotatable bonds is 3. The second-order valence-corrected chi connectivity index (χ2v) is 5.67. The Kier molecular flexibility index (Phi) is 3.74. The van der Waals surface area contributed by atoms with Crippen LogP contribution in [0.3, 0.4) is 0 Å². The smallest absolute Gasteiger partial charge is 0.142 e. The molecule has 94 valence electrons. The van der Waals surface area contributed by atoms with Gasteiger partial charge in [-0.3, -0.25) is 0 Å². The molecule has 1 fully saturated rings. The summed E-state index contributed by atoms with van der Waals surface area (Å²) in [5.41, 5.74) is 0.669. The fourth-order valence-corrected chi connectivity index (χ4v) is 2.88. The van der Waals surface area contributed by atoms with Crippen molar-refractivity contribution in [2.24, 2.45) is 5.41 Å². The van der Waals surface area contributed by atoms with Crippen molar-refractivity contribution in [1.29, 1.82) is 0 Å². The molecule has 2 rings (SSSR count). The van der Waals surface area contributed by atoms with Gasteiger partial charge in [-0.2, -0.15) is 0 Å². The molecule has 1 aromatic rings. The summed E-state index contributed by atoms with van der Waals surface area (Å²) >= 11 is 5.90. The molecule has 1 aliphatic carbocycles. The summed E-state index contributed by atoms with van der Waals surface area (Å²) in [7, 11) is 0. The molecule has 0 amide bonds. The van der Waals surface area contributed by atoms with Crippen molar-refractivity contribution in [3.05, 3.63) is 34.6 Å². The minimum Gasteiger partial charge on any atom is -0.392 e. The van der Waals surface area contributed by atoms with Crippen molar-refractivity contribution in [2.75, 3.05) is 0 Å². The third-order valence-corrected chi connectivity index (χ3v) is 4.42. The maximum atomic E-state index is 13.3. The molecule has 17 heavy (non-hydrogen) atoms. The van der Waals surface area contributed by atoms with Crippen molar-refractivity contribution >= 4 is 11.6 Å². The SMILES string of the molecule is CC1(C(O)Cc2cccc(F)c2Cl)CCCC1. The predicted octanol–water partition coefficient (Wildman–Crippen LogP) is 3.96. The predicted molar refractivity (Wildman–Crippen MR) is 67.7 cm³/mol. The van der Waals surface area contributed by atoms with Crippen molar-refractivity contribution in [1.82, 2.24) is 0 Å². The molecule has 0 bridgehead atoms. The minimum atomic E-state index is -0.440. The number of hydrogen-bond acceptors (Lipinski definition) is 1. The van der Waals surface area contributed by atoms with Crippen LogP contribution in [0.25, 0.3) is 0 Å². The zero-order chi connectivity index (χ0) is 12.5. The van der Waals surface area contributed by atoms with Crippen LogP contribution in [0.5, 0.6) is 0 Å². The van der Waals surface area contributed by atoms with Gasteiger partial charge in [0.05, 0.1) is 11.1 Å². The van der Waals surface area contributed by atoms with E-state index in [0.717, 1.165) is 12.8 Å². The van der Waals surface area contributed by atoms with Crippen LogP contribution in [0.1, 0.15) is 38.2 Å². The Morgan fingerprint density at radius 1 is 1.41 bits per heavy atom. The largest absolute Gasteiger partial charge is 0.392 e. The Balaban J connectivity index is 2.12. The summed E-state index contributed by atoms with van der Waals surface area (Å²) in [6.45, 7) is 2.11. The first-order valence-corrected chi connectivity index (χ1v) is 6.52. The Hall–Kier alpha value is -0.600. The van der Waals surface area contributed by atoms with E-state index in [9.17, 15) is 9.50 Å². The van der Waals surface area contributed by atoms with Gasteiger partial charge in [0.25, 0.3) is 0 Å². The van der Waals surface area contributed by atoms with E-state index in [0.29, 0.717) is 12.0 Å². The van der Waals surface area contributed by atoms with E-state index in [1.54, 1.807) is 12.1 Å². The molecule has 0 radical (unpaired) electrons. The van der Waals surface area contributed by atoms with Crippen molar-refractivity contribution < 1.29 is 9.50 Å². The third kappa shape index (κ3) is 2.63. The van der Waals surface area contributed by atoms with E-state index in [2.05, 4.69) is 6.92 Å².